The predicted molar refractivity (Wildman–Crippen MR) is 159 cm³/mol. The third-order valence-electron chi connectivity index (χ3n) is 6.80. The number of rotatable bonds is 12. The molecule has 2 fully saturated rings. The van der Waals surface area contributed by atoms with Gasteiger partial charge in [0.1, 0.15) is 16.0 Å². The van der Waals surface area contributed by atoms with Crippen molar-refractivity contribution in [3.05, 3.63) is 65.1 Å². The van der Waals surface area contributed by atoms with E-state index in [-0.39, 0.29) is 17.6 Å². The van der Waals surface area contributed by atoms with E-state index in [4.69, 9.17) is 5.73 Å². The molecule has 11 nitrogen and oxygen atoms in total. The second-order valence-corrected chi connectivity index (χ2v) is 10.9. The van der Waals surface area contributed by atoms with Crippen LogP contribution in [0.3, 0.4) is 0 Å². The molecule has 0 bridgehead atoms. The summed E-state index contributed by atoms with van der Waals surface area (Å²) in [4.78, 5) is 45.9. The zero-order chi connectivity index (χ0) is 28.3. The Balaban J connectivity index is 1.23. The Morgan fingerprint density at radius 2 is 1.82 bits per heavy atom. The van der Waals surface area contributed by atoms with Crippen molar-refractivity contribution in [2.45, 2.75) is 31.4 Å². The van der Waals surface area contributed by atoms with Gasteiger partial charge in [0.25, 0.3) is 5.91 Å². The molecule has 3 heterocycles. The lowest BCUT2D eigenvalue weighted by atomic mass is 10.2. The maximum absolute atomic E-state index is 13.0. The van der Waals surface area contributed by atoms with Gasteiger partial charge in [-0.05, 0) is 75.2 Å². The van der Waals surface area contributed by atoms with Crippen molar-refractivity contribution in [3.8, 4) is 0 Å². The van der Waals surface area contributed by atoms with Gasteiger partial charge in [-0.25, -0.2) is 4.79 Å². The van der Waals surface area contributed by atoms with E-state index in [1.807, 2.05) is 43.3 Å². The van der Waals surface area contributed by atoms with Crippen LogP contribution in [-0.4, -0.2) is 83.7 Å². The van der Waals surface area contributed by atoms with E-state index in [9.17, 15) is 14.4 Å². The van der Waals surface area contributed by atoms with Gasteiger partial charge >= 0.3 is 6.03 Å². The molecule has 4 amide bonds. The summed E-state index contributed by atoms with van der Waals surface area (Å²) in [5.41, 5.74) is 8.75. The van der Waals surface area contributed by atoms with Crippen molar-refractivity contribution in [1.29, 1.82) is 0 Å². The molecule has 1 aromatic heterocycles. The van der Waals surface area contributed by atoms with E-state index < -0.39 is 11.2 Å². The van der Waals surface area contributed by atoms with Gasteiger partial charge in [-0.1, -0.05) is 17.8 Å². The monoisotopic (exact) mass is 566 g/mol. The van der Waals surface area contributed by atoms with Crippen molar-refractivity contribution in [2.75, 3.05) is 56.4 Å². The normalized spacial score (nSPS) is 18.5. The van der Waals surface area contributed by atoms with Gasteiger partial charge in [-0.2, -0.15) is 0 Å². The first-order chi connectivity index (χ1) is 19.4. The van der Waals surface area contributed by atoms with Crippen molar-refractivity contribution in [3.63, 3.8) is 0 Å². The Labute approximate surface area is 239 Å². The van der Waals surface area contributed by atoms with E-state index in [1.165, 1.54) is 24.6 Å². The molecule has 6 N–H and O–H groups in total. The van der Waals surface area contributed by atoms with Gasteiger partial charge in [0.15, 0.2) is 0 Å². The number of nitrogens with one attached hydrogen (secondary N) is 4. The van der Waals surface area contributed by atoms with Crippen LogP contribution in [-0.2, 0) is 16.0 Å². The van der Waals surface area contributed by atoms with Gasteiger partial charge in [0.05, 0.1) is 0 Å². The molecular weight excluding hydrogens is 528 g/mol. The summed E-state index contributed by atoms with van der Waals surface area (Å²) < 4.78 is 0. The molecular formula is C28H38N8O3S. The minimum absolute atomic E-state index is 0.0445. The highest BCUT2D eigenvalue weighted by Gasteiger charge is 2.38. The van der Waals surface area contributed by atoms with Crippen molar-refractivity contribution in [1.82, 2.24) is 25.4 Å². The first-order valence-electron chi connectivity index (χ1n) is 13.7. The lowest BCUT2D eigenvalue weighted by Gasteiger charge is -2.16. The third-order valence-corrected chi connectivity index (χ3v) is 8.12. The first-order valence-corrected chi connectivity index (χ1v) is 14.6. The molecule has 0 unspecified atom stereocenters. The number of urea groups is 1. The minimum Gasteiger partial charge on any atom is -0.392 e. The number of hydrogen-bond donors (Lipinski definition) is 5. The highest BCUT2D eigenvalue weighted by atomic mass is 32.2. The Kier molecular flexibility index (Phi) is 10.6. The van der Waals surface area contributed by atoms with E-state index in [0.717, 1.165) is 30.9 Å². The molecule has 214 valence electrons. The smallest absolute Gasteiger partial charge is 0.319 e. The summed E-state index contributed by atoms with van der Waals surface area (Å²) in [6.07, 6.45) is 6.56. The molecule has 0 radical (unpaired) electrons. The average Bonchev–Trinajstić information content (AvgIpc) is 3.60. The topological polar surface area (TPSA) is 145 Å². The lowest BCUT2D eigenvalue weighted by Crippen LogP contribution is -2.36. The van der Waals surface area contributed by atoms with Crippen LogP contribution in [0.25, 0.3) is 0 Å². The Morgan fingerprint density at radius 1 is 1.07 bits per heavy atom. The molecule has 40 heavy (non-hydrogen) atoms. The van der Waals surface area contributed by atoms with Gasteiger partial charge in [0.2, 0.25) is 5.91 Å². The van der Waals surface area contributed by atoms with Crippen LogP contribution >= 0.6 is 11.8 Å². The summed E-state index contributed by atoms with van der Waals surface area (Å²) in [5.74, 6) is -0.487. The second-order valence-electron chi connectivity index (χ2n) is 9.66. The number of pyridine rings is 1. The van der Waals surface area contributed by atoms with Gasteiger partial charge in [-0.15, -0.1) is 0 Å². The minimum atomic E-state index is -0.420. The van der Waals surface area contributed by atoms with Crippen molar-refractivity contribution < 1.29 is 14.4 Å². The number of carbonyl (C=O) groups excluding carboxylic acids is 3. The Morgan fingerprint density at radius 3 is 2.52 bits per heavy atom. The molecule has 2 aromatic rings. The number of nitrogens with two attached hydrogens (primary N) is 1. The molecule has 12 heteroatoms. The van der Waals surface area contributed by atoms with Crippen LogP contribution in [0.5, 0.6) is 0 Å². The summed E-state index contributed by atoms with van der Waals surface area (Å²) in [5, 5.41) is 11.9. The highest BCUT2D eigenvalue weighted by molar-refractivity contribution is 8.04. The maximum atomic E-state index is 13.0. The lowest BCUT2D eigenvalue weighted by molar-refractivity contribution is -0.127. The molecule has 0 saturated carbocycles. The van der Waals surface area contributed by atoms with E-state index >= 15 is 0 Å². The molecule has 2 saturated heterocycles. The number of anilines is 2. The fourth-order valence-electron chi connectivity index (χ4n) is 4.61. The van der Waals surface area contributed by atoms with E-state index in [2.05, 4.69) is 31.2 Å². The number of hydrogen-bond acceptors (Lipinski definition) is 8. The van der Waals surface area contributed by atoms with Crippen LogP contribution in [0.15, 0.2) is 59.5 Å². The summed E-state index contributed by atoms with van der Waals surface area (Å²) >= 11 is 1.29. The largest absolute Gasteiger partial charge is 0.392 e. The maximum Gasteiger partial charge on any atom is 0.319 e. The van der Waals surface area contributed by atoms with Crippen molar-refractivity contribution >= 4 is 41.0 Å². The second kappa shape index (κ2) is 14.6. The highest BCUT2D eigenvalue weighted by Crippen LogP contribution is 2.36. The molecule has 2 aliphatic rings. The third kappa shape index (κ3) is 8.12. The quantitative estimate of drug-likeness (QED) is 0.246. The van der Waals surface area contributed by atoms with E-state index in [1.54, 1.807) is 17.3 Å². The fraction of sp³-hybridized carbons (Fsp3) is 0.429. The number of carbonyl (C=O) groups is 3. The van der Waals surface area contributed by atoms with Crippen molar-refractivity contribution in [2.24, 2.45) is 5.73 Å². The molecule has 0 aliphatic carbocycles. The predicted octanol–water partition coefficient (Wildman–Crippen LogP) is 2.16. The number of thioether (sulfide) groups is 1. The van der Waals surface area contributed by atoms with Crippen LogP contribution in [0.1, 0.15) is 25.3 Å². The van der Waals surface area contributed by atoms with Gasteiger partial charge in [0, 0.05) is 56.5 Å². The fourth-order valence-corrected chi connectivity index (χ4v) is 5.84. The number of benzene rings is 1. The molecule has 2 aliphatic heterocycles. The molecule has 4 rings (SSSR count). The van der Waals surface area contributed by atoms with Crippen LogP contribution < -0.4 is 27.0 Å². The summed E-state index contributed by atoms with van der Waals surface area (Å²) in [7, 11) is 0. The Bertz CT molecular complexity index is 1190. The summed E-state index contributed by atoms with van der Waals surface area (Å²) in [6.45, 7) is 6.74. The van der Waals surface area contributed by atoms with Gasteiger partial charge in [-0.3, -0.25) is 14.6 Å². The number of nitrogens with zero attached hydrogens (tertiary/aromatic N) is 3. The molecule has 1 atom stereocenters. The van der Waals surface area contributed by atoms with E-state index in [0.29, 0.717) is 43.3 Å². The number of likely N-dealkylation sites (tertiary alicyclic amines) is 1. The SMILES string of the molecule is CCN1C(=O)[C@@H](CNc2ccc(NC(=O)NCCN3CCCC3)cc2)S/C1=C(/N)C(=O)NCCc1cccnc1. The zero-order valence-electron chi connectivity index (χ0n) is 22.8. The Hall–Kier alpha value is -3.77. The average molecular weight is 567 g/mol. The number of amides is 4. The first kappa shape index (κ1) is 29.2. The van der Waals surface area contributed by atoms with Crippen LogP contribution in [0, 0.1) is 0 Å². The molecule has 0 spiro atoms. The number of aromatic nitrogens is 1. The van der Waals surface area contributed by atoms with Gasteiger partial charge < -0.3 is 36.8 Å². The summed E-state index contributed by atoms with van der Waals surface area (Å²) in [6, 6.07) is 10.9. The van der Waals surface area contributed by atoms with Crippen LogP contribution in [0.4, 0.5) is 16.2 Å². The zero-order valence-corrected chi connectivity index (χ0v) is 23.6. The molecule has 1 aromatic carbocycles. The standard InChI is InChI=1S/C28H38N8O3S/c1-2-36-26(38)23(40-27(36)24(29)25(37)31-13-11-20-6-5-12-30-18-20)19-33-21-7-9-22(10-8-21)34-28(39)32-14-17-35-15-3-4-16-35/h5-10,12,18,23,33H,2-4,11,13-17,19,29H2,1H3,(H,31,37)(H2,32,34,39)/b27-24+/t23-/m1/s1. The van der Waals surface area contributed by atoms with Crippen LogP contribution in [0.2, 0.25) is 0 Å².